The van der Waals surface area contributed by atoms with E-state index >= 15 is 0 Å². The number of imide groups is 1. The van der Waals surface area contributed by atoms with E-state index in [9.17, 15) is 9.59 Å². The summed E-state index contributed by atoms with van der Waals surface area (Å²) in [6, 6.07) is 0. The topological polar surface area (TPSA) is 116 Å². The van der Waals surface area contributed by atoms with Crippen LogP contribution in [0.3, 0.4) is 0 Å². The second-order valence-corrected chi connectivity index (χ2v) is 4.36. The van der Waals surface area contributed by atoms with Crippen LogP contribution in [0.1, 0.15) is 0 Å². The number of thioether (sulfide) groups is 1. The Hall–Kier alpha value is -1.68. The molecule has 1 fully saturated rings. The number of carbonyl (C=O) groups excluding carboxylic acids is 2. The largest absolute Gasteiger partial charge is 0.447 e. The van der Waals surface area contributed by atoms with Gasteiger partial charge >= 0.3 is 6.09 Å². The highest BCUT2D eigenvalue weighted by Crippen LogP contribution is 2.15. The summed E-state index contributed by atoms with van der Waals surface area (Å²) < 4.78 is 6.19. The molecule has 0 radical (unpaired) electrons. The maximum absolute atomic E-state index is 11.7. The lowest BCUT2D eigenvalue weighted by molar-refractivity contribution is -0.125. The first kappa shape index (κ1) is 12.8. The normalized spacial score (nSPS) is 14.9. The molecular formula is C8H12N6O3S. The number of hydrogen-bond donors (Lipinski definition) is 1. The van der Waals surface area contributed by atoms with Crippen molar-refractivity contribution < 1.29 is 14.3 Å². The Balaban J connectivity index is 1.89. The lowest BCUT2D eigenvalue weighted by atomic mass is 10.5. The summed E-state index contributed by atoms with van der Waals surface area (Å²) >= 11 is 1.16. The van der Waals surface area contributed by atoms with Gasteiger partial charge in [-0.2, -0.15) is 0 Å². The van der Waals surface area contributed by atoms with Crippen LogP contribution < -0.4 is 5.73 Å². The van der Waals surface area contributed by atoms with E-state index in [2.05, 4.69) is 20.3 Å². The number of nitrogens with zero attached hydrogens (tertiary/aromatic N) is 5. The van der Waals surface area contributed by atoms with Crippen LogP contribution in [0.15, 0.2) is 5.16 Å². The van der Waals surface area contributed by atoms with Gasteiger partial charge in [0.05, 0.1) is 18.8 Å². The molecule has 0 unspecified atom stereocenters. The van der Waals surface area contributed by atoms with Gasteiger partial charge in [-0.3, -0.25) is 4.79 Å². The van der Waals surface area contributed by atoms with Crippen LogP contribution in [0.25, 0.3) is 0 Å². The number of cyclic esters (lactones) is 1. The first-order valence-corrected chi connectivity index (χ1v) is 6.27. The van der Waals surface area contributed by atoms with E-state index in [4.69, 9.17) is 5.73 Å². The van der Waals surface area contributed by atoms with Crippen LogP contribution in [0, 0.1) is 0 Å². The van der Waals surface area contributed by atoms with Gasteiger partial charge in [-0.1, -0.05) is 11.8 Å². The lowest BCUT2D eigenvalue weighted by Gasteiger charge is -2.09. The molecular weight excluding hydrogens is 260 g/mol. The molecule has 98 valence electrons. The minimum atomic E-state index is -0.595. The van der Waals surface area contributed by atoms with Gasteiger partial charge in [0.15, 0.2) is 0 Å². The fourth-order valence-electron chi connectivity index (χ4n) is 1.39. The zero-order valence-electron chi connectivity index (χ0n) is 9.48. The molecule has 10 heteroatoms. The number of nitrogens with two attached hydrogens (primary N) is 1. The Kier molecular flexibility index (Phi) is 4.10. The quantitative estimate of drug-likeness (QED) is 0.657. The van der Waals surface area contributed by atoms with E-state index in [0.29, 0.717) is 24.8 Å². The van der Waals surface area contributed by atoms with Crippen molar-refractivity contribution in [1.29, 1.82) is 0 Å². The molecule has 1 saturated heterocycles. The standard InChI is InChI=1S/C8H12N6O3S/c9-1-2-14-7(10-11-12-14)18-5-6(15)13-3-4-17-8(13)16/h1-5,9H2. The van der Waals surface area contributed by atoms with Crippen molar-refractivity contribution in [2.75, 3.05) is 25.4 Å². The minimum absolute atomic E-state index is 0.0834. The van der Waals surface area contributed by atoms with Crippen molar-refractivity contribution in [1.82, 2.24) is 25.1 Å². The zero-order valence-corrected chi connectivity index (χ0v) is 10.3. The molecule has 1 aromatic heterocycles. The first-order valence-electron chi connectivity index (χ1n) is 5.28. The summed E-state index contributed by atoms with van der Waals surface area (Å²) in [6.07, 6.45) is -0.595. The Morgan fingerprint density at radius 3 is 3.06 bits per heavy atom. The third-order valence-electron chi connectivity index (χ3n) is 2.23. The molecule has 2 heterocycles. The van der Waals surface area contributed by atoms with Crippen molar-refractivity contribution in [2.24, 2.45) is 5.73 Å². The van der Waals surface area contributed by atoms with Crippen molar-refractivity contribution in [3.8, 4) is 0 Å². The van der Waals surface area contributed by atoms with Crippen LogP contribution >= 0.6 is 11.8 Å². The number of amides is 2. The number of carbonyl (C=O) groups is 2. The van der Waals surface area contributed by atoms with Gasteiger partial charge in [0.2, 0.25) is 11.1 Å². The monoisotopic (exact) mass is 272 g/mol. The highest BCUT2D eigenvalue weighted by atomic mass is 32.2. The van der Waals surface area contributed by atoms with Crippen molar-refractivity contribution in [3.63, 3.8) is 0 Å². The summed E-state index contributed by atoms with van der Waals surface area (Å²) in [6.45, 7) is 1.44. The van der Waals surface area contributed by atoms with E-state index < -0.39 is 6.09 Å². The molecule has 9 nitrogen and oxygen atoms in total. The Morgan fingerprint density at radius 2 is 2.39 bits per heavy atom. The van der Waals surface area contributed by atoms with E-state index in [1.54, 1.807) is 0 Å². The van der Waals surface area contributed by atoms with Crippen LogP contribution in [0.4, 0.5) is 4.79 Å². The van der Waals surface area contributed by atoms with Crippen LogP contribution in [-0.4, -0.2) is 62.6 Å². The Labute approximate surface area is 107 Å². The summed E-state index contributed by atoms with van der Waals surface area (Å²) in [5.74, 6) is -0.232. The Bertz CT molecular complexity index is 450. The lowest BCUT2D eigenvalue weighted by Crippen LogP contribution is -2.33. The van der Waals surface area contributed by atoms with E-state index in [1.807, 2.05) is 0 Å². The molecule has 1 aliphatic rings. The molecule has 18 heavy (non-hydrogen) atoms. The van der Waals surface area contributed by atoms with Crippen molar-refractivity contribution >= 4 is 23.8 Å². The number of hydrogen-bond acceptors (Lipinski definition) is 8. The molecule has 1 aliphatic heterocycles. The fourth-order valence-corrected chi connectivity index (χ4v) is 2.17. The number of ether oxygens (including phenoxy) is 1. The summed E-state index contributed by atoms with van der Waals surface area (Å²) in [4.78, 5) is 24.0. The van der Waals surface area contributed by atoms with Gasteiger partial charge in [0, 0.05) is 6.54 Å². The molecule has 0 aromatic carbocycles. The third-order valence-corrected chi connectivity index (χ3v) is 3.17. The molecule has 2 N–H and O–H groups in total. The molecule has 2 rings (SSSR count). The average molecular weight is 272 g/mol. The van der Waals surface area contributed by atoms with Gasteiger partial charge in [0.25, 0.3) is 0 Å². The van der Waals surface area contributed by atoms with Gasteiger partial charge in [-0.15, -0.1) is 5.10 Å². The molecule has 0 spiro atoms. The van der Waals surface area contributed by atoms with E-state index in [0.717, 1.165) is 16.7 Å². The minimum Gasteiger partial charge on any atom is -0.447 e. The van der Waals surface area contributed by atoms with Crippen LogP contribution in [-0.2, 0) is 16.1 Å². The van der Waals surface area contributed by atoms with E-state index in [1.165, 1.54) is 4.68 Å². The highest BCUT2D eigenvalue weighted by molar-refractivity contribution is 7.99. The Morgan fingerprint density at radius 1 is 1.56 bits per heavy atom. The van der Waals surface area contributed by atoms with Gasteiger partial charge in [-0.05, 0) is 10.4 Å². The maximum atomic E-state index is 11.7. The van der Waals surface area contributed by atoms with Crippen molar-refractivity contribution in [3.05, 3.63) is 0 Å². The zero-order chi connectivity index (χ0) is 13.0. The van der Waals surface area contributed by atoms with Crippen LogP contribution in [0.5, 0.6) is 0 Å². The molecule has 0 aliphatic carbocycles. The predicted octanol–water partition coefficient (Wildman–Crippen LogP) is -1.30. The molecule has 0 saturated carbocycles. The van der Waals surface area contributed by atoms with Gasteiger partial charge in [0.1, 0.15) is 6.61 Å². The second kappa shape index (κ2) is 5.78. The molecule has 1 aromatic rings. The van der Waals surface area contributed by atoms with Crippen molar-refractivity contribution in [2.45, 2.75) is 11.7 Å². The number of tetrazole rings is 1. The molecule has 0 atom stereocenters. The second-order valence-electron chi connectivity index (χ2n) is 3.42. The third kappa shape index (κ3) is 2.76. The smallest absolute Gasteiger partial charge is 0.416 e. The average Bonchev–Trinajstić information content (AvgIpc) is 2.96. The molecule has 2 amide bonds. The maximum Gasteiger partial charge on any atom is 0.416 e. The van der Waals surface area contributed by atoms with E-state index in [-0.39, 0.29) is 18.3 Å². The predicted molar refractivity (Wildman–Crippen MR) is 60.7 cm³/mol. The molecule has 0 bridgehead atoms. The van der Waals surface area contributed by atoms with Gasteiger partial charge < -0.3 is 10.5 Å². The summed E-state index contributed by atoms with van der Waals surface area (Å²) in [5.41, 5.74) is 5.40. The SMILES string of the molecule is NCCn1nnnc1SCC(=O)N1CCOC1=O. The van der Waals surface area contributed by atoms with Gasteiger partial charge in [-0.25, -0.2) is 14.4 Å². The first-order chi connectivity index (χ1) is 8.72. The fraction of sp³-hybridized carbons (Fsp3) is 0.625. The summed E-state index contributed by atoms with van der Waals surface area (Å²) in [7, 11) is 0. The summed E-state index contributed by atoms with van der Waals surface area (Å²) in [5, 5.41) is 11.5. The number of aromatic nitrogens is 4. The van der Waals surface area contributed by atoms with Crippen LogP contribution in [0.2, 0.25) is 0 Å². The number of rotatable bonds is 5. The highest BCUT2D eigenvalue weighted by Gasteiger charge is 2.28.